The van der Waals surface area contributed by atoms with E-state index in [1.54, 1.807) is 4.90 Å². The highest BCUT2D eigenvalue weighted by Crippen LogP contribution is 2.24. The van der Waals surface area contributed by atoms with Gasteiger partial charge in [0.2, 0.25) is 5.91 Å². The average molecular weight is 167 g/mol. The van der Waals surface area contributed by atoms with E-state index in [-0.39, 0.29) is 24.5 Å². The van der Waals surface area contributed by atoms with Crippen LogP contribution in [0, 0.1) is 5.92 Å². The second-order valence-electron chi connectivity index (χ2n) is 3.31. The molecule has 0 aromatic rings. The van der Waals surface area contributed by atoms with Crippen LogP contribution in [0.1, 0.15) is 13.3 Å². The largest absolute Gasteiger partial charge is 0.394 e. The van der Waals surface area contributed by atoms with Crippen molar-refractivity contribution in [3.63, 3.8) is 0 Å². The highest BCUT2D eigenvalue weighted by molar-refractivity contribution is 6.08. The molecule has 0 spiro atoms. The third-order valence-corrected chi connectivity index (χ3v) is 2.43. The predicted molar refractivity (Wildman–Crippen MR) is 46.9 cm³/mol. The Labute approximate surface area is 74.2 Å². The minimum Gasteiger partial charge on any atom is -0.394 e. The van der Waals surface area contributed by atoms with E-state index in [9.17, 15) is 4.79 Å². The molecule has 2 radical (unpaired) electrons. The maximum absolute atomic E-state index is 11.3. The van der Waals surface area contributed by atoms with Gasteiger partial charge in [-0.25, -0.2) is 0 Å². The highest BCUT2D eigenvalue weighted by atomic mass is 16.3. The lowest BCUT2D eigenvalue weighted by Gasteiger charge is -2.24. The topological polar surface area (TPSA) is 40.5 Å². The summed E-state index contributed by atoms with van der Waals surface area (Å²) in [4.78, 5) is 13.0. The van der Waals surface area contributed by atoms with Crippen molar-refractivity contribution >= 4 is 13.8 Å². The van der Waals surface area contributed by atoms with Gasteiger partial charge in [0.25, 0.3) is 0 Å². The lowest BCUT2D eigenvalue weighted by atomic mass is 10.0. The van der Waals surface area contributed by atoms with Gasteiger partial charge in [-0.05, 0) is 5.92 Å². The van der Waals surface area contributed by atoms with Crippen LogP contribution in [0.5, 0.6) is 0 Å². The Kier molecular flexibility index (Phi) is 3.15. The van der Waals surface area contributed by atoms with E-state index in [0.29, 0.717) is 19.3 Å². The molecule has 1 amide bonds. The second kappa shape index (κ2) is 3.94. The minimum atomic E-state index is -0.0129. The van der Waals surface area contributed by atoms with E-state index >= 15 is 0 Å². The number of carbonyl (C=O) groups excluding carboxylic acids is 1. The Hall–Kier alpha value is -0.505. The lowest BCUT2D eigenvalue weighted by Crippen LogP contribution is -2.37. The molecule has 4 heteroatoms. The number of nitrogens with zero attached hydrogens (tertiary/aromatic N) is 1. The summed E-state index contributed by atoms with van der Waals surface area (Å²) < 4.78 is 0. The number of aliphatic hydroxyl groups is 1. The van der Waals surface area contributed by atoms with Gasteiger partial charge in [0.1, 0.15) is 0 Å². The van der Waals surface area contributed by atoms with Crippen LogP contribution in [-0.4, -0.2) is 43.0 Å². The van der Waals surface area contributed by atoms with Gasteiger partial charge in [0, 0.05) is 13.0 Å². The number of amides is 1. The van der Waals surface area contributed by atoms with E-state index in [1.807, 2.05) is 6.92 Å². The van der Waals surface area contributed by atoms with Crippen molar-refractivity contribution in [2.75, 3.05) is 13.2 Å². The first-order chi connectivity index (χ1) is 5.70. The van der Waals surface area contributed by atoms with E-state index in [1.165, 1.54) is 0 Å². The Bertz CT molecular complexity index is 174. The van der Waals surface area contributed by atoms with Crippen LogP contribution >= 0.6 is 0 Å². The fourth-order valence-electron chi connectivity index (χ4n) is 1.73. The van der Waals surface area contributed by atoms with Crippen molar-refractivity contribution in [2.24, 2.45) is 5.92 Å². The van der Waals surface area contributed by atoms with Crippen LogP contribution < -0.4 is 0 Å². The number of rotatable bonds is 3. The van der Waals surface area contributed by atoms with Gasteiger partial charge in [0.05, 0.1) is 20.5 Å². The van der Waals surface area contributed by atoms with E-state index < -0.39 is 0 Å². The Morgan fingerprint density at radius 1 is 1.75 bits per heavy atom. The average Bonchev–Trinajstić information content (AvgIpc) is 2.28. The van der Waals surface area contributed by atoms with Gasteiger partial charge in [-0.3, -0.25) is 4.79 Å². The first-order valence-electron chi connectivity index (χ1n) is 4.31. The van der Waals surface area contributed by atoms with Crippen molar-refractivity contribution in [1.82, 2.24) is 4.90 Å². The summed E-state index contributed by atoms with van der Waals surface area (Å²) in [7, 11) is 5.36. The zero-order valence-corrected chi connectivity index (χ0v) is 7.36. The van der Waals surface area contributed by atoms with E-state index in [0.717, 1.165) is 0 Å². The first kappa shape index (κ1) is 9.58. The lowest BCUT2D eigenvalue weighted by molar-refractivity contribution is -0.129. The predicted octanol–water partition coefficient (Wildman–Crippen LogP) is -0.197. The SMILES string of the molecule is [B]CCN1C(=O)CC(C)C1CO. The zero-order chi connectivity index (χ0) is 9.14. The molecule has 1 aliphatic rings. The summed E-state index contributed by atoms with van der Waals surface area (Å²) in [5.74, 6) is 0.376. The number of hydrogen-bond acceptors (Lipinski definition) is 2. The molecule has 1 heterocycles. The molecule has 0 aromatic carbocycles. The third kappa shape index (κ3) is 1.63. The minimum absolute atomic E-state index is 0.0129. The number of likely N-dealkylation sites (tertiary alicyclic amines) is 1. The standard InChI is InChI=1S/C8H14BNO2/c1-6-4-8(12)10(3-2-9)7(6)5-11/h6-7,11H,2-5H2,1H3. The van der Waals surface area contributed by atoms with Crippen LogP contribution in [-0.2, 0) is 4.79 Å². The van der Waals surface area contributed by atoms with Crippen molar-refractivity contribution in [3.05, 3.63) is 0 Å². The van der Waals surface area contributed by atoms with E-state index in [2.05, 4.69) is 0 Å². The molecule has 1 N–H and O–H groups in total. The molecule has 3 nitrogen and oxygen atoms in total. The number of hydrogen-bond donors (Lipinski definition) is 1. The van der Waals surface area contributed by atoms with Crippen LogP contribution in [0.3, 0.4) is 0 Å². The molecule has 0 aromatic heterocycles. The Balaban J connectivity index is 2.61. The van der Waals surface area contributed by atoms with Gasteiger partial charge < -0.3 is 10.0 Å². The summed E-state index contributed by atoms with van der Waals surface area (Å²) in [5, 5.41) is 9.02. The Morgan fingerprint density at radius 3 is 2.92 bits per heavy atom. The molecule has 2 atom stereocenters. The number of carbonyl (C=O) groups is 1. The maximum atomic E-state index is 11.3. The normalized spacial score (nSPS) is 29.8. The molecule has 1 fully saturated rings. The molecule has 66 valence electrons. The van der Waals surface area contributed by atoms with Gasteiger partial charge >= 0.3 is 0 Å². The quantitative estimate of drug-likeness (QED) is 0.591. The molecule has 0 saturated carbocycles. The van der Waals surface area contributed by atoms with Crippen molar-refractivity contribution in [3.8, 4) is 0 Å². The number of aliphatic hydroxyl groups excluding tert-OH is 1. The van der Waals surface area contributed by atoms with Crippen molar-refractivity contribution in [2.45, 2.75) is 25.7 Å². The fourth-order valence-corrected chi connectivity index (χ4v) is 1.73. The third-order valence-electron chi connectivity index (χ3n) is 2.43. The summed E-state index contributed by atoms with van der Waals surface area (Å²) in [6.07, 6.45) is 1.01. The summed E-state index contributed by atoms with van der Waals surface area (Å²) in [5.41, 5.74) is 0. The zero-order valence-electron chi connectivity index (χ0n) is 7.36. The molecule has 2 unspecified atom stereocenters. The van der Waals surface area contributed by atoms with Gasteiger partial charge in [0.15, 0.2) is 0 Å². The monoisotopic (exact) mass is 167 g/mol. The van der Waals surface area contributed by atoms with Crippen molar-refractivity contribution < 1.29 is 9.90 Å². The first-order valence-corrected chi connectivity index (χ1v) is 4.31. The van der Waals surface area contributed by atoms with Crippen LogP contribution in [0.2, 0.25) is 6.32 Å². The molecule has 0 aliphatic carbocycles. The van der Waals surface area contributed by atoms with E-state index in [4.69, 9.17) is 13.0 Å². The van der Waals surface area contributed by atoms with Crippen LogP contribution in [0.15, 0.2) is 0 Å². The molecule has 12 heavy (non-hydrogen) atoms. The molecular weight excluding hydrogens is 153 g/mol. The van der Waals surface area contributed by atoms with Crippen LogP contribution in [0.4, 0.5) is 0 Å². The highest BCUT2D eigenvalue weighted by Gasteiger charge is 2.35. The second-order valence-corrected chi connectivity index (χ2v) is 3.31. The molecule has 1 saturated heterocycles. The molecule has 0 bridgehead atoms. The summed E-state index contributed by atoms with van der Waals surface area (Å²) in [6.45, 7) is 2.59. The van der Waals surface area contributed by atoms with Gasteiger partial charge in [-0.1, -0.05) is 13.2 Å². The smallest absolute Gasteiger partial charge is 0.223 e. The fraction of sp³-hybridized carbons (Fsp3) is 0.875. The van der Waals surface area contributed by atoms with Crippen LogP contribution in [0.25, 0.3) is 0 Å². The molecule has 1 rings (SSSR count). The molecular formula is C8H14BNO2. The maximum Gasteiger partial charge on any atom is 0.223 e. The van der Waals surface area contributed by atoms with Crippen molar-refractivity contribution in [1.29, 1.82) is 0 Å². The van der Waals surface area contributed by atoms with Gasteiger partial charge in [-0.15, -0.1) is 0 Å². The summed E-state index contributed by atoms with van der Waals surface area (Å²) >= 11 is 0. The Morgan fingerprint density at radius 2 is 2.42 bits per heavy atom. The summed E-state index contributed by atoms with van der Waals surface area (Å²) in [6, 6.07) is -0.0129. The van der Waals surface area contributed by atoms with Gasteiger partial charge in [-0.2, -0.15) is 0 Å². The molecule has 1 aliphatic heterocycles.